The lowest BCUT2D eigenvalue weighted by atomic mass is 10.2. The summed E-state index contributed by atoms with van der Waals surface area (Å²) in [6.07, 6.45) is 1.59. The summed E-state index contributed by atoms with van der Waals surface area (Å²) in [7, 11) is 0. The molecule has 2 aromatic rings. The smallest absolute Gasteiger partial charge is 0.274 e. The molecule has 1 saturated heterocycles. The zero-order chi connectivity index (χ0) is 17.1. The topological polar surface area (TPSA) is 85.8 Å². The number of rotatable bonds is 3. The Hall–Kier alpha value is -2.87. The third-order valence-corrected chi connectivity index (χ3v) is 3.97. The summed E-state index contributed by atoms with van der Waals surface area (Å²) < 4.78 is 16.3. The van der Waals surface area contributed by atoms with Gasteiger partial charge >= 0.3 is 0 Å². The predicted octanol–water partition coefficient (Wildman–Crippen LogP) is 1.34. The van der Waals surface area contributed by atoms with Gasteiger partial charge in [0.25, 0.3) is 5.91 Å². The summed E-state index contributed by atoms with van der Waals surface area (Å²) in [4.78, 5) is 23.1. The van der Waals surface area contributed by atoms with Crippen molar-refractivity contribution in [1.29, 1.82) is 0 Å². The number of ether oxygens (including phenoxy) is 3. The lowest BCUT2D eigenvalue weighted by Crippen LogP contribution is -2.37. The van der Waals surface area contributed by atoms with E-state index in [-0.39, 0.29) is 5.91 Å². The van der Waals surface area contributed by atoms with Crippen LogP contribution in [0.4, 0.5) is 11.6 Å². The standard InChI is InChI=1S/C17H18N4O4/c22-16(19-12-1-2-14-15(11-12)25-10-9-24-14)13-3-4-18-17(20-13)21-5-7-23-8-6-21/h1-4,11H,5-10H2,(H,19,22). The van der Waals surface area contributed by atoms with Crippen LogP contribution >= 0.6 is 0 Å². The molecule has 0 atom stereocenters. The summed E-state index contributed by atoms with van der Waals surface area (Å²) in [6, 6.07) is 6.90. The van der Waals surface area contributed by atoms with Crippen molar-refractivity contribution in [3.05, 3.63) is 36.2 Å². The number of benzene rings is 1. The van der Waals surface area contributed by atoms with Gasteiger partial charge in [-0.3, -0.25) is 4.79 Å². The Balaban J connectivity index is 1.49. The molecule has 0 unspecified atom stereocenters. The second-order valence-electron chi connectivity index (χ2n) is 5.65. The van der Waals surface area contributed by atoms with Gasteiger partial charge in [-0.05, 0) is 18.2 Å². The number of anilines is 2. The maximum absolute atomic E-state index is 12.5. The van der Waals surface area contributed by atoms with Gasteiger partial charge in [0.2, 0.25) is 5.95 Å². The Morgan fingerprint density at radius 3 is 2.68 bits per heavy atom. The Bertz CT molecular complexity index is 777. The Morgan fingerprint density at radius 2 is 1.84 bits per heavy atom. The average Bonchev–Trinajstić information content (AvgIpc) is 2.69. The van der Waals surface area contributed by atoms with Gasteiger partial charge in [0.15, 0.2) is 11.5 Å². The van der Waals surface area contributed by atoms with Crippen molar-refractivity contribution in [2.75, 3.05) is 49.7 Å². The first kappa shape index (κ1) is 15.6. The van der Waals surface area contributed by atoms with E-state index < -0.39 is 0 Å². The molecule has 1 aromatic heterocycles. The van der Waals surface area contributed by atoms with Crippen molar-refractivity contribution < 1.29 is 19.0 Å². The second-order valence-corrected chi connectivity index (χ2v) is 5.65. The van der Waals surface area contributed by atoms with E-state index in [0.29, 0.717) is 68.3 Å². The highest BCUT2D eigenvalue weighted by Crippen LogP contribution is 2.32. The maximum atomic E-state index is 12.5. The van der Waals surface area contributed by atoms with Crippen LogP contribution in [0.1, 0.15) is 10.5 Å². The van der Waals surface area contributed by atoms with Crippen LogP contribution in [0, 0.1) is 0 Å². The number of fused-ring (bicyclic) bond motifs is 1. The molecular weight excluding hydrogens is 324 g/mol. The van der Waals surface area contributed by atoms with Crippen LogP contribution in [0.25, 0.3) is 0 Å². The quantitative estimate of drug-likeness (QED) is 0.901. The van der Waals surface area contributed by atoms with E-state index in [1.165, 1.54) is 0 Å². The molecule has 1 amide bonds. The fourth-order valence-corrected chi connectivity index (χ4v) is 2.71. The van der Waals surface area contributed by atoms with Gasteiger partial charge in [-0.15, -0.1) is 0 Å². The van der Waals surface area contributed by atoms with Crippen molar-refractivity contribution in [2.45, 2.75) is 0 Å². The Kier molecular flexibility index (Phi) is 4.34. The van der Waals surface area contributed by atoms with Crippen molar-refractivity contribution in [3.8, 4) is 11.5 Å². The maximum Gasteiger partial charge on any atom is 0.274 e. The highest BCUT2D eigenvalue weighted by Gasteiger charge is 2.17. The minimum Gasteiger partial charge on any atom is -0.486 e. The van der Waals surface area contributed by atoms with E-state index in [1.807, 2.05) is 4.90 Å². The minimum absolute atomic E-state index is 0.298. The molecule has 25 heavy (non-hydrogen) atoms. The summed E-state index contributed by atoms with van der Waals surface area (Å²) in [5, 5.41) is 2.83. The number of carbonyl (C=O) groups is 1. The fourth-order valence-electron chi connectivity index (χ4n) is 2.71. The summed E-state index contributed by atoms with van der Waals surface area (Å²) in [5.41, 5.74) is 0.937. The largest absolute Gasteiger partial charge is 0.486 e. The van der Waals surface area contributed by atoms with Crippen molar-refractivity contribution in [1.82, 2.24) is 9.97 Å². The van der Waals surface area contributed by atoms with E-state index in [9.17, 15) is 4.79 Å². The van der Waals surface area contributed by atoms with Crippen molar-refractivity contribution in [3.63, 3.8) is 0 Å². The summed E-state index contributed by atoms with van der Waals surface area (Å²) >= 11 is 0. The number of amides is 1. The molecule has 1 fully saturated rings. The molecule has 0 saturated carbocycles. The van der Waals surface area contributed by atoms with Gasteiger partial charge in [-0.1, -0.05) is 0 Å². The SMILES string of the molecule is O=C(Nc1ccc2c(c1)OCCO2)c1ccnc(N2CCOCC2)n1. The zero-order valence-corrected chi connectivity index (χ0v) is 13.6. The van der Waals surface area contributed by atoms with Crippen LogP contribution in [0.3, 0.4) is 0 Å². The number of nitrogens with one attached hydrogen (secondary N) is 1. The number of aromatic nitrogens is 2. The van der Waals surface area contributed by atoms with E-state index in [4.69, 9.17) is 14.2 Å². The molecule has 0 bridgehead atoms. The van der Waals surface area contributed by atoms with Crippen LogP contribution in [0.5, 0.6) is 11.5 Å². The van der Waals surface area contributed by atoms with Gasteiger partial charge in [-0.2, -0.15) is 0 Å². The first-order valence-electron chi connectivity index (χ1n) is 8.16. The lowest BCUT2D eigenvalue weighted by molar-refractivity contribution is 0.102. The van der Waals surface area contributed by atoms with Crippen LogP contribution in [0.15, 0.2) is 30.5 Å². The monoisotopic (exact) mass is 342 g/mol. The van der Waals surface area contributed by atoms with Crippen LogP contribution in [-0.4, -0.2) is 55.4 Å². The van der Waals surface area contributed by atoms with Crippen LogP contribution in [0.2, 0.25) is 0 Å². The molecule has 2 aliphatic rings. The van der Waals surface area contributed by atoms with E-state index in [0.717, 1.165) is 0 Å². The summed E-state index contributed by atoms with van der Waals surface area (Å²) in [6.45, 7) is 3.73. The highest BCUT2D eigenvalue weighted by atomic mass is 16.6. The first-order chi connectivity index (χ1) is 12.3. The molecule has 130 valence electrons. The second kappa shape index (κ2) is 6.94. The van der Waals surface area contributed by atoms with Gasteiger partial charge in [0.1, 0.15) is 18.9 Å². The summed E-state index contributed by atoms with van der Waals surface area (Å²) in [5.74, 6) is 1.55. The van der Waals surface area contributed by atoms with E-state index in [2.05, 4.69) is 15.3 Å². The first-order valence-corrected chi connectivity index (χ1v) is 8.16. The van der Waals surface area contributed by atoms with Gasteiger partial charge in [0.05, 0.1) is 13.2 Å². The van der Waals surface area contributed by atoms with E-state index >= 15 is 0 Å². The Labute approximate surface area is 144 Å². The van der Waals surface area contributed by atoms with Crippen LogP contribution in [-0.2, 0) is 4.74 Å². The van der Waals surface area contributed by atoms with E-state index in [1.54, 1.807) is 30.5 Å². The molecule has 1 N–H and O–H groups in total. The van der Waals surface area contributed by atoms with Gasteiger partial charge in [-0.25, -0.2) is 9.97 Å². The number of carbonyl (C=O) groups excluding carboxylic acids is 1. The minimum atomic E-state index is -0.298. The molecule has 8 nitrogen and oxygen atoms in total. The average molecular weight is 342 g/mol. The molecule has 0 aliphatic carbocycles. The third-order valence-electron chi connectivity index (χ3n) is 3.97. The predicted molar refractivity (Wildman–Crippen MR) is 90.4 cm³/mol. The number of hydrogen-bond acceptors (Lipinski definition) is 7. The number of nitrogens with zero attached hydrogens (tertiary/aromatic N) is 3. The van der Waals surface area contributed by atoms with Crippen LogP contribution < -0.4 is 19.7 Å². The lowest BCUT2D eigenvalue weighted by Gasteiger charge is -2.26. The fraction of sp³-hybridized carbons (Fsp3) is 0.353. The van der Waals surface area contributed by atoms with Gasteiger partial charge in [0, 0.05) is 31.0 Å². The molecule has 2 aliphatic heterocycles. The molecule has 8 heteroatoms. The molecule has 1 aromatic carbocycles. The van der Waals surface area contributed by atoms with Gasteiger partial charge < -0.3 is 24.4 Å². The number of morpholine rings is 1. The Morgan fingerprint density at radius 1 is 1.04 bits per heavy atom. The molecule has 3 heterocycles. The van der Waals surface area contributed by atoms with Crippen molar-refractivity contribution >= 4 is 17.5 Å². The van der Waals surface area contributed by atoms with Crippen molar-refractivity contribution in [2.24, 2.45) is 0 Å². The third kappa shape index (κ3) is 3.48. The molecular formula is C17H18N4O4. The molecule has 0 spiro atoms. The molecule has 0 radical (unpaired) electrons. The molecule has 4 rings (SSSR count). The zero-order valence-electron chi connectivity index (χ0n) is 13.6. The normalized spacial score (nSPS) is 16.4. The highest BCUT2D eigenvalue weighted by molar-refractivity contribution is 6.03. The number of hydrogen-bond donors (Lipinski definition) is 1.